The van der Waals surface area contributed by atoms with E-state index in [1.54, 1.807) is 17.8 Å². The van der Waals surface area contributed by atoms with E-state index in [1.807, 2.05) is 45.0 Å². The predicted molar refractivity (Wildman–Crippen MR) is 258 cm³/mol. The first-order valence-electron chi connectivity index (χ1n) is 24.4. The first kappa shape index (κ1) is 50.7. The van der Waals surface area contributed by atoms with Crippen LogP contribution in [0.2, 0.25) is 0 Å². The number of aliphatic hydroxyl groups is 2. The predicted octanol–water partition coefficient (Wildman–Crippen LogP) is 12.8. The Labute approximate surface area is 384 Å². The van der Waals surface area contributed by atoms with Gasteiger partial charge < -0.3 is 34.2 Å². The van der Waals surface area contributed by atoms with Crippen molar-refractivity contribution in [2.45, 2.75) is 178 Å². The molecule has 0 aromatic heterocycles. The van der Waals surface area contributed by atoms with Crippen LogP contribution in [0.1, 0.15) is 162 Å². The molecule has 5 rings (SSSR count). The second kappa shape index (κ2) is 25.4. The molecule has 0 saturated heterocycles. The number of carbonyl (C=O) groups excluding carboxylic acids is 1. The van der Waals surface area contributed by atoms with Crippen molar-refractivity contribution in [1.29, 1.82) is 0 Å². The van der Waals surface area contributed by atoms with Crippen molar-refractivity contribution in [2.75, 3.05) is 32.6 Å². The van der Waals surface area contributed by atoms with E-state index in [2.05, 4.69) is 55.9 Å². The Balaban J connectivity index is 1.65. The molecule has 2 N–H and O–H groups in total. The Bertz CT molecular complexity index is 1770. The Hall–Kier alpha value is -3.31. The number of rotatable bonds is 28. The van der Waals surface area contributed by atoms with Crippen LogP contribution in [-0.4, -0.2) is 76.8 Å². The third-order valence-electron chi connectivity index (χ3n) is 13.0. The van der Waals surface area contributed by atoms with E-state index in [1.165, 1.54) is 43.4 Å². The fourth-order valence-electron chi connectivity index (χ4n) is 10.1. The van der Waals surface area contributed by atoms with Crippen LogP contribution < -0.4 is 9.47 Å². The fraction of sp³-hybridized carbons (Fsp3) is 0.660. The average Bonchev–Trinajstić information content (AvgIpc) is 3.27. The maximum Gasteiger partial charge on any atom is 0.239 e. The Kier molecular flexibility index (Phi) is 20.4. The Morgan fingerprint density at radius 1 is 0.905 bits per heavy atom. The zero-order chi connectivity index (χ0) is 45.2. The first-order chi connectivity index (χ1) is 30.5. The lowest BCUT2D eigenvalue weighted by Crippen LogP contribution is -2.70. The third kappa shape index (κ3) is 13.6. The summed E-state index contributed by atoms with van der Waals surface area (Å²) in [5, 5.41) is 24.9. The number of carbonyl (C=O) groups is 1. The largest absolute Gasteiger partial charge is 0.459 e. The fourth-order valence-corrected chi connectivity index (χ4v) is 10.5. The molecule has 2 aliphatic carbocycles. The van der Waals surface area contributed by atoms with Crippen LogP contribution >= 0.6 is 11.8 Å². The van der Waals surface area contributed by atoms with Crippen molar-refractivity contribution in [3.8, 4) is 17.2 Å². The van der Waals surface area contributed by atoms with Gasteiger partial charge in [0, 0.05) is 49.0 Å². The number of fused-ring (bicyclic) bond motifs is 2. The van der Waals surface area contributed by atoms with Gasteiger partial charge in [-0.2, -0.15) is 0 Å². The van der Waals surface area contributed by atoms with Gasteiger partial charge in [0.25, 0.3) is 0 Å². The quantitative estimate of drug-likeness (QED) is 0.0376. The standard InChI is InChI=1S/C53H80N2O7S/c1-8-11-12-13-14-15-16-17-18-25-49(58)55(32-9-2)48-38-46(54-62-52(4,5)6)44-36-39(23-19-21-33-56)43(24-20-22-34-57)50-45-37-41(60-40-26-29-42(63-7)30-27-40)28-31-47(45)61-53(48,51(44)50)59-35-10-3/h10,26-31,36-37,39,43,48,50-51,56-57H,3,8-9,11-25,32-35,38H2,1-2,4-7H3/t39-,43+,48-,50+,51+,53+/m0/s1. The summed E-state index contributed by atoms with van der Waals surface area (Å²) in [5.74, 6) is 0.880. The first-order valence-corrected chi connectivity index (χ1v) is 25.6. The minimum Gasteiger partial charge on any atom is -0.459 e. The summed E-state index contributed by atoms with van der Waals surface area (Å²) in [6.45, 7) is 15.6. The van der Waals surface area contributed by atoms with Crippen molar-refractivity contribution in [1.82, 2.24) is 4.90 Å². The highest BCUT2D eigenvalue weighted by molar-refractivity contribution is 7.98. The smallest absolute Gasteiger partial charge is 0.239 e. The molecule has 1 amide bonds. The molecule has 350 valence electrons. The molecule has 1 aliphatic heterocycles. The molecule has 2 aromatic carbocycles. The van der Waals surface area contributed by atoms with Crippen LogP contribution in [-0.2, 0) is 14.4 Å². The van der Waals surface area contributed by atoms with Gasteiger partial charge in [-0.1, -0.05) is 95.4 Å². The van der Waals surface area contributed by atoms with Crippen LogP contribution in [0.5, 0.6) is 17.2 Å². The molecule has 0 radical (unpaired) electrons. The number of nitrogens with zero attached hydrogens (tertiary/aromatic N) is 2. The van der Waals surface area contributed by atoms with Gasteiger partial charge in [-0.15, -0.1) is 18.3 Å². The van der Waals surface area contributed by atoms with Crippen LogP contribution in [0.3, 0.4) is 0 Å². The molecule has 3 aliphatic rings. The van der Waals surface area contributed by atoms with Crippen molar-refractivity contribution in [3.05, 3.63) is 72.3 Å². The molecular weight excluding hydrogens is 809 g/mol. The number of thioether (sulfide) groups is 1. The van der Waals surface area contributed by atoms with Gasteiger partial charge in [0.2, 0.25) is 11.7 Å². The minimum atomic E-state index is -1.26. The number of amides is 1. The van der Waals surface area contributed by atoms with Crippen LogP contribution in [0, 0.1) is 17.8 Å². The van der Waals surface area contributed by atoms with E-state index < -0.39 is 17.4 Å². The molecule has 9 nitrogen and oxygen atoms in total. The molecule has 6 atom stereocenters. The van der Waals surface area contributed by atoms with Crippen molar-refractivity contribution in [2.24, 2.45) is 22.9 Å². The maximum absolute atomic E-state index is 14.8. The van der Waals surface area contributed by atoms with Gasteiger partial charge >= 0.3 is 0 Å². The van der Waals surface area contributed by atoms with Gasteiger partial charge in [-0.05, 0) is 125 Å². The summed E-state index contributed by atoms with van der Waals surface area (Å²) in [5.41, 5.74) is 2.38. The number of hydrogen-bond donors (Lipinski definition) is 2. The monoisotopic (exact) mass is 889 g/mol. The van der Waals surface area contributed by atoms with E-state index in [4.69, 9.17) is 24.2 Å². The number of benzene rings is 2. The summed E-state index contributed by atoms with van der Waals surface area (Å²) >= 11 is 1.70. The van der Waals surface area contributed by atoms with Crippen LogP contribution in [0.25, 0.3) is 0 Å². The summed E-state index contributed by atoms with van der Waals surface area (Å²) in [7, 11) is 0. The average molecular weight is 889 g/mol. The van der Waals surface area contributed by atoms with Crippen molar-refractivity contribution < 1.29 is 34.1 Å². The topological polar surface area (TPSA) is 110 Å². The number of oxime groups is 1. The number of ether oxygens (including phenoxy) is 3. The lowest BCUT2D eigenvalue weighted by Gasteiger charge is -2.60. The Morgan fingerprint density at radius 2 is 1.57 bits per heavy atom. The van der Waals surface area contributed by atoms with Gasteiger partial charge in [0.05, 0.1) is 18.2 Å². The van der Waals surface area contributed by atoms with E-state index in [-0.39, 0.29) is 49.4 Å². The molecular formula is C53H80N2O7S. The molecule has 10 heteroatoms. The molecule has 0 bridgehead atoms. The summed E-state index contributed by atoms with van der Waals surface area (Å²) in [4.78, 5) is 24.3. The molecule has 0 unspecified atom stereocenters. The van der Waals surface area contributed by atoms with E-state index in [0.29, 0.717) is 25.8 Å². The van der Waals surface area contributed by atoms with E-state index in [0.717, 1.165) is 91.9 Å². The zero-order valence-electron chi connectivity index (χ0n) is 39.6. The number of allylic oxidation sites excluding steroid dienone is 1. The summed E-state index contributed by atoms with van der Waals surface area (Å²) in [6, 6.07) is 13.8. The molecule has 0 spiro atoms. The van der Waals surface area contributed by atoms with Crippen LogP contribution in [0.15, 0.2) is 76.8 Å². The Morgan fingerprint density at radius 3 is 2.21 bits per heavy atom. The van der Waals surface area contributed by atoms with Gasteiger partial charge in [-0.25, -0.2) is 0 Å². The normalized spacial score (nSPS) is 23.3. The molecule has 1 heterocycles. The number of unbranched alkanes of at least 4 members (excludes halogenated alkanes) is 10. The highest BCUT2D eigenvalue weighted by Gasteiger charge is 2.65. The van der Waals surface area contributed by atoms with E-state index >= 15 is 0 Å². The third-order valence-corrected chi connectivity index (χ3v) is 13.8. The van der Waals surface area contributed by atoms with Crippen molar-refractivity contribution >= 4 is 23.4 Å². The van der Waals surface area contributed by atoms with Crippen LogP contribution in [0.4, 0.5) is 0 Å². The summed E-state index contributed by atoms with van der Waals surface area (Å²) < 4.78 is 21.2. The number of aliphatic hydroxyl groups excluding tert-OH is 2. The molecule has 63 heavy (non-hydrogen) atoms. The van der Waals surface area contributed by atoms with Crippen molar-refractivity contribution in [3.63, 3.8) is 0 Å². The highest BCUT2D eigenvalue weighted by atomic mass is 32.2. The second-order valence-electron chi connectivity index (χ2n) is 18.9. The highest BCUT2D eigenvalue weighted by Crippen LogP contribution is 2.62. The molecule has 1 fully saturated rings. The van der Waals surface area contributed by atoms with Gasteiger partial charge in [0.1, 0.15) is 28.9 Å². The SMILES string of the molecule is C=CCO[C@@]12Oc3ccc(Oc4ccc(SC)cc4)cc3[C@H]3[C@H](CCCCO)[C@@H](CCCCO)C=C(C(=NOC(C)(C)C)C[C@@H]1N(CCC)C(=O)CCCCCCCCCCC)[C@H]32. The lowest BCUT2D eigenvalue weighted by atomic mass is 9.55. The minimum absolute atomic E-state index is 0.114. The maximum atomic E-state index is 14.8. The molecule has 2 aromatic rings. The number of hydrogen-bond acceptors (Lipinski definition) is 9. The van der Waals surface area contributed by atoms with E-state index in [9.17, 15) is 15.0 Å². The molecule has 1 saturated carbocycles. The second-order valence-corrected chi connectivity index (χ2v) is 19.8. The summed E-state index contributed by atoms with van der Waals surface area (Å²) in [6.07, 6.45) is 23.5. The van der Waals surface area contributed by atoms with Gasteiger partial charge in [-0.3, -0.25) is 4.79 Å². The zero-order valence-corrected chi connectivity index (χ0v) is 40.4. The van der Waals surface area contributed by atoms with Gasteiger partial charge in [0.15, 0.2) is 0 Å². The lowest BCUT2D eigenvalue weighted by molar-refractivity contribution is -0.257.